The lowest BCUT2D eigenvalue weighted by Crippen LogP contribution is -2.29. The molecule has 6 heteroatoms. The van der Waals surface area contributed by atoms with Crippen LogP contribution in [0.4, 0.5) is 5.69 Å². The van der Waals surface area contributed by atoms with E-state index >= 15 is 0 Å². The Kier molecular flexibility index (Phi) is 8.66. The van der Waals surface area contributed by atoms with E-state index in [1.54, 1.807) is 18.2 Å². The fraction of sp³-hybridized carbons (Fsp3) is 0.467. The predicted octanol–water partition coefficient (Wildman–Crippen LogP) is 1.96. The van der Waals surface area contributed by atoms with E-state index < -0.39 is 0 Å². The maximum atomic E-state index is 11.9. The van der Waals surface area contributed by atoms with E-state index in [-0.39, 0.29) is 30.1 Å². The van der Waals surface area contributed by atoms with Gasteiger partial charge in [-0.05, 0) is 44.7 Å². The molecule has 0 saturated carbocycles. The van der Waals surface area contributed by atoms with Gasteiger partial charge in [-0.25, -0.2) is 0 Å². The summed E-state index contributed by atoms with van der Waals surface area (Å²) >= 11 is 0. The van der Waals surface area contributed by atoms with E-state index in [2.05, 4.69) is 16.0 Å². The molecule has 0 bridgehead atoms. The number of carbonyl (C=O) groups excluding carboxylic acids is 2. The third-order valence-corrected chi connectivity index (χ3v) is 3.04. The van der Waals surface area contributed by atoms with Crippen molar-refractivity contribution in [3.05, 3.63) is 29.3 Å². The molecule has 0 spiro atoms. The van der Waals surface area contributed by atoms with Gasteiger partial charge in [0.05, 0.1) is 0 Å². The fourth-order valence-corrected chi connectivity index (χ4v) is 1.86. The van der Waals surface area contributed by atoms with E-state index in [1.807, 2.05) is 27.8 Å². The first-order valence-corrected chi connectivity index (χ1v) is 6.83. The lowest BCUT2D eigenvalue weighted by atomic mass is 10.1. The number of hydrogen-bond acceptors (Lipinski definition) is 3. The number of nitrogens with one attached hydrogen (secondary N) is 3. The highest BCUT2D eigenvalue weighted by atomic mass is 35.5. The van der Waals surface area contributed by atoms with Crippen LogP contribution < -0.4 is 16.0 Å². The standard InChI is InChI=1S/C15H23N3O2.ClH/c1-5-17-15(20)12-6-7-13(10(2)8-12)18-14(19)11(3)9-16-4;/h6-8,11,16H,5,9H2,1-4H3,(H,17,20)(H,18,19);1H. The predicted molar refractivity (Wildman–Crippen MR) is 88.2 cm³/mol. The third-order valence-electron chi connectivity index (χ3n) is 3.04. The zero-order valence-electron chi connectivity index (χ0n) is 12.9. The number of hydrogen-bond donors (Lipinski definition) is 3. The molecule has 0 fully saturated rings. The first-order chi connectivity index (χ1) is 9.49. The Morgan fingerprint density at radius 2 is 1.95 bits per heavy atom. The summed E-state index contributed by atoms with van der Waals surface area (Å²) in [5.41, 5.74) is 2.22. The number of rotatable bonds is 6. The van der Waals surface area contributed by atoms with Crippen LogP contribution in [0.25, 0.3) is 0 Å². The van der Waals surface area contributed by atoms with Crippen molar-refractivity contribution >= 4 is 29.9 Å². The van der Waals surface area contributed by atoms with Gasteiger partial charge in [0.15, 0.2) is 0 Å². The maximum absolute atomic E-state index is 11.9. The zero-order chi connectivity index (χ0) is 15.1. The molecular formula is C15H24ClN3O2. The van der Waals surface area contributed by atoms with Crippen LogP contribution in [-0.4, -0.2) is 32.0 Å². The average Bonchev–Trinajstić information content (AvgIpc) is 2.41. The molecule has 0 heterocycles. The number of aryl methyl sites for hydroxylation is 1. The Bertz CT molecular complexity index is 492. The lowest BCUT2D eigenvalue weighted by molar-refractivity contribution is -0.119. The van der Waals surface area contributed by atoms with E-state index in [9.17, 15) is 9.59 Å². The van der Waals surface area contributed by atoms with Crippen LogP contribution in [0.3, 0.4) is 0 Å². The van der Waals surface area contributed by atoms with Crippen molar-refractivity contribution < 1.29 is 9.59 Å². The maximum Gasteiger partial charge on any atom is 0.251 e. The molecular weight excluding hydrogens is 290 g/mol. The van der Waals surface area contributed by atoms with Gasteiger partial charge in [-0.1, -0.05) is 6.92 Å². The van der Waals surface area contributed by atoms with Gasteiger partial charge in [-0.3, -0.25) is 9.59 Å². The second-order valence-electron chi connectivity index (χ2n) is 4.84. The Balaban J connectivity index is 0.00000400. The quantitative estimate of drug-likeness (QED) is 0.752. The Hall–Kier alpha value is -1.59. The van der Waals surface area contributed by atoms with Crippen molar-refractivity contribution in [2.75, 3.05) is 25.5 Å². The summed E-state index contributed by atoms with van der Waals surface area (Å²) < 4.78 is 0. The summed E-state index contributed by atoms with van der Waals surface area (Å²) in [6, 6.07) is 5.27. The number of carbonyl (C=O) groups is 2. The molecule has 0 aromatic heterocycles. The van der Waals surface area contributed by atoms with Gasteiger partial charge < -0.3 is 16.0 Å². The molecule has 1 rings (SSSR count). The number of halogens is 1. The molecule has 21 heavy (non-hydrogen) atoms. The molecule has 2 amide bonds. The normalized spacial score (nSPS) is 11.2. The van der Waals surface area contributed by atoms with Gasteiger partial charge in [-0.2, -0.15) is 0 Å². The highest BCUT2D eigenvalue weighted by molar-refractivity contribution is 5.97. The molecule has 0 aliphatic rings. The van der Waals surface area contributed by atoms with Crippen LogP contribution in [-0.2, 0) is 4.79 Å². The SMILES string of the molecule is CCNC(=O)c1ccc(NC(=O)C(C)CNC)c(C)c1.Cl. The van der Waals surface area contributed by atoms with Crippen LogP contribution in [0, 0.1) is 12.8 Å². The molecule has 0 radical (unpaired) electrons. The Morgan fingerprint density at radius 1 is 1.29 bits per heavy atom. The molecule has 3 N–H and O–H groups in total. The van der Waals surface area contributed by atoms with Crippen molar-refractivity contribution in [3.8, 4) is 0 Å². The molecule has 0 aliphatic carbocycles. The summed E-state index contributed by atoms with van der Waals surface area (Å²) in [5, 5.41) is 8.61. The first kappa shape index (κ1) is 19.4. The van der Waals surface area contributed by atoms with Gasteiger partial charge >= 0.3 is 0 Å². The monoisotopic (exact) mass is 313 g/mol. The van der Waals surface area contributed by atoms with Gasteiger partial charge in [0, 0.05) is 30.3 Å². The molecule has 1 unspecified atom stereocenters. The van der Waals surface area contributed by atoms with Crippen molar-refractivity contribution in [2.45, 2.75) is 20.8 Å². The van der Waals surface area contributed by atoms with Crippen LogP contribution in [0.15, 0.2) is 18.2 Å². The topological polar surface area (TPSA) is 70.2 Å². The minimum absolute atomic E-state index is 0. The lowest BCUT2D eigenvalue weighted by Gasteiger charge is -2.14. The fourth-order valence-electron chi connectivity index (χ4n) is 1.86. The van der Waals surface area contributed by atoms with Gasteiger partial charge in [0.2, 0.25) is 5.91 Å². The van der Waals surface area contributed by atoms with Gasteiger partial charge in [0.25, 0.3) is 5.91 Å². The van der Waals surface area contributed by atoms with E-state index in [1.165, 1.54) is 0 Å². The summed E-state index contributed by atoms with van der Waals surface area (Å²) in [6.07, 6.45) is 0. The largest absolute Gasteiger partial charge is 0.352 e. The molecule has 1 aromatic carbocycles. The molecule has 0 aliphatic heterocycles. The second-order valence-corrected chi connectivity index (χ2v) is 4.84. The van der Waals surface area contributed by atoms with Gasteiger partial charge in [0.1, 0.15) is 0 Å². The van der Waals surface area contributed by atoms with Crippen LogP contribution in [0.2, 0.25) is 0 Å². The van der Waals surface area contributed by atoms with Crippen molar-refractivity contribution in [3.63, 3.8) is 0 Å². The molecule has 0 saturated heterocycles. The summed E-state index contributed by atoms with van der Waals surface area (Å²) in [7, 11) is 1.82. The van der Waals surface area contributed by atoms with Crippen LogP contribution >= 0.6 is 12.4 Å². The van der Waals surface area contributed by atoms with Crippen molar-refractivity contribution in [1.29, 1.82) is 0 Å². The van der Waals surface area contributed by atoms with E-state index in [4.69, 9.17) is 0 Å². The Labute approximate surface area is 132 Å². The summed E-state index contributed by atoms with van der Waals surface area (Å²) in [5.74, 6) is -0.243. The zero-order valence-corrected chi connectivity index (χ0v) is 13.8. The Morgan fingerprint density at radius 3 is 2.48 bits per heavy atom. The van der Waals surface area contributed by atoms with E-state index in [0.29, 0.717) is 18.7 Å². The van der Waals surface area contributed by atoms with Crippen molar-refractivity contribution in [1.82, 2.24) is 10.6 Å². The molecule has 118 valence electrons. The van der Waals surface area contributed by atoms with Crippen molar-refractivity contribution in [2.24, 2.45) is 5.92 Å². The summed E-state index contributed by atoms with van der Waals surface area (Å²) in [4.78, 5) is 23.7. The van der Waals surface area contributed by atoms with E-state index in [0.717, 1.165) is 11.3 Å². The number of amides is 2. The third kappa shape index (κ3) is 5.73. The molecule has 1 atom stereocenters. The van der Waals surface area contributed by atoms with Crippen LogP contribution in [0.5, 0.6) is 0 Å². The summed E-state index contributed by atoms with van der Waals surface area (Å²) in [6.45, 7) is 6.84. The number of anilines is 1. The van der Waals surface area contributed by atoms with Crippen LogP contribution in [0.1, 0.15) is 29.8 Å². The number of benzene rings is 1. The highest BCUT2D eigenvalue weighted by Gasteiger charge is 2.13. The average molecular weight is 314 g/mol. The first-order valence-electron chi connectivity index (χ1n) is 6.83. The minimum Gasteiger partial charge on any atom is -0.352 e. The molecule has 1 aromatic rings. The van der Waals surface area contributed by atoms with Gasteiger partial charge in [-0.15, -0.1) is 12.4 Å². The smallest absolute Gasteiger partial charge is 0.251 e. The minimum atomic E-state index is -0.109. The highest BCUT2D eigenvalue weighted by Crippen LogP contribution is 2.17. The second kappa shape index (κ2) is 9.37. The molecule has 5 nitrogen and oxygen atoms in total.